The van der Waals surface area contributed by atoms with E-state index in [9.17, 15) is 22.8 Å². The maximum Gasteiger partial charge on any atom is 0.407 e. The van der Waals surface area contributed by atoms with Gasteiger partial charge in [-0.05, 0) is 47.9 Å². The maximum atomic E-state index is 12.9. The number of hydrogen-bond donors (Lipinski definition) is 2. The zero-order valence-corrected chi connectivity index (χ0v) is 17.9. The fourth-order valence-electron chi connectivity index (χ4n) is 4.02. The highest BCUT2D eigenvalue weighted by atomic mass is 35.5. The number of imide groups is 1. The molecule has 0 saturated carbocycles. The predicted molar refractivity (Wildman–Crippen MR) is 113 cm³/mol. The summed E-state index contributed by atoms with van der Waals surface area (Å²) in [7, 11) is -3.75. The van der Waals surface area contributed by atoms with E-state index in [-0.39, 0.29) is 37.4 Å². The van der Waals surface area contributed by atoms with E-state index in [1.165, 1.54) is 17.0 Å². The normalized spacial score (nSPS) is 18.6. The van der Waals surface area contributed by atoms with Gasteiger partial charge in [0, 0.05) is 24.7 Å². The van der Waals surface area contributed by atoms with E-state index in [1.807, 2.05) is 0 Å². The number of piperidine rings is 1. The molecule has 0 radical (unpaired) electrons. The fourth-order valence-corrected chi connectivity index (χ4v) is 5.44. The first-order valence-electron chi connectivity index (χ1n) is 9.65. The van der Waals surface area contributed by atoms with Gasteiger partial charge in [0.2, 0.25) is 0 Å². The molecule has 2 heterocycles. The van der Waals surface area contributed by atoms with Gasteiger partial charge >= 0.3 is 12.1 Å². The molecule has 0 atom stereocenters. The molecule has 0 aliphatic carbocycles. The van der Waals surface area contributed by atoms with Crippen LogP contribution in [0.4, 0.5) is 9.59 Å². The third-order valence-corrected chi connectivity index (χ3v) is 7.78. The van der Waals surface area contributed by atoms with Gasteiger partial charge < -0.3 is 15.3 Å². The first-order valence-corrected chi connectivity index (χ1v) is 11.7. The van der Waals surface area contributed by atoms with E-state index in [0.29, 0.717) is 10.4 Å². The molecule has 1 spiro atoms. The van der Waals surface area contributed by atoms with Crippen LogP contribution in [0.2, 0.25) is 5.02 Å². The zero-order valence-electron chi connectivity index (χ0n) is 16.4. The number of urea groups is 1. The van der Waals surface area contributed by atoms with E-state index < -0.39 is 39.2 Å². The van der Waals surface area contributed by atoms with E-state index in [0.717, 1.165) is 10.3 Å². The van der Waals surface area contributed by atoms with Crippen LogP contribution in [0.3, 0.4) is 0 Å². The summed E-state index contributed by atoms with van der Waals surface area (Å²) >= 11 is 5.96. The lowest BCUT2D eigenvalue weighted by atomic mass is 9.87. The van der Waals surface area contributed by atoms with Crippen molar-refractivity contribution in [3.8, 4) is 0 Å². The molecule has 31 heavy (non-hydrogen) atoms. The Morgan fingerprint density at radius 3 is 2.42 bits per heavy atom. The van der Waals surface area contributed by atoms with Crippen LogP contribution in [0.1, 0.15) is 12.8 Å². The largest absolute Gasteiger partial charge is 0.465 e. The molecule has 2 aliphatic rings. The molecule has 4 rings (SSSR count). The van der Waals surface area contributed by atoms with Crippen molar-refractivity contribution in [1.82, 2.24) is 15.1 Å². The summed E-state index contributed by atoms with van der Waals surface area (Å²) in [4.78, 5) is 38.6. The summed E-state index contributed by atoms with van der Waals surface area (Å²) in [6, 6.07) is 9.14. The molecule has 164 valence electrons. The molecule has 2 saturated heterocycles. The van der Waals surface area contributed by atoms with Crippen molar-refractivity contribution in [3.63, 3.8) is 0 Å². The van der Waals surface area contributed by atoms with Gasteiger partial charge in [0.1, 0.15) is 5.54 Å². The van der Waals surface area contributed by atoms with Crippen LogP contribution < -0.4 is 5.32 Å². The first-order chi connectivity index (χ1) is 14.6. The lowest BCUT2D eigenvalue weighted by Gasteiger charge is -2.35. The summed E-state index contributed by atoms with van der Waals surface area (Å²) in [5.74, 6) is -0.923. The Bertz CT molecular complexity index is 1190. The Kier molecular flexibility index (Phi) is 5.30. The third-order valence-electron chi connectivity index (χ3n) is 5.85. The number of rotatable bonds is 4. The van der Waals surface area contributed by atoms with Crippen molar-refractivity contribution in [3.05, 3.63) is 41.4 Å². The number of fused-ring (bicyclic) bond motifs is 1. The minimum Gasteiger partial charge on any atom is -0.465 e. The summed E-state index contributed by atoms with van der Waals surface area (Å²) < 4.78 is 25.7. The smallest absolute Gasteiger partial charge is 0.407 e. The summed E-state index contributed by atoms with van der Waals surface area (Å²) in [5.41, 5.74) is -1.17. The Morgan fingerprint density at radius 2 is 1.74 bits per heavy atom. The Morgan fingerprint density at radius 1 is 1.10 bits per heavy atom. The molecule has 0 bridgehead atoms. The highest BCUT2D eigenvalue weighted by Gasteiger charge is 2.52. The SMILES string of the molecule is O=C(O)N1CCC2(CC1)NC(=O)N(CCS(=O)(=O)c1ccc3cc(Cl)ccc3c1)C2=O. The Balaban J connectivity index is 1.47. The topological polar surface area (TPSA) is 124 Å². The van der Waals surface area contributed by atoms with Gasteiger partial charge in [0.05, 0.1) is 10.6 Å². The second-order valence-electron chi connectivity index (χ2n) is 7.71. The number of hydrogen-bond acceptors (Lipinski definition) is 5. The molecule has 4 amide bonds. The molecule has 0 unspecified atom stereocenters. The number of carbonyl (C=O) groups excluding carboxylic acids is 2. The number of benzene rings is 2. The second-order valence-corrected chi connectivity index (χ2v) is 10.3. The predicted octanol–water partition coefficient (Wildman–Crippen LogP) is 2.33. The van der Waals surface area contributed by atoms with Gasteiger partial charge in [-0.3, -0.25) is 9.69 Å². The molecule has 9 nitrogen and oxygen atoms in total. The lowest BCUT2D eigenvalue weighted by molar-refractivity contribution is -0.132. The molecule has 2 N–H and O–H groups in total. The number of carbonyl (C=O) groups is 3. The molecule has 2 aliphatic heterocycles. The summed E-state index contributed by atoms with van der Waals surface area (Å²) in [6.45, 7) is -0.0424. The van der Waals surface area contributed by atoms with Crippen molar-refractivity contribution in [1.29, 1.82) is 0 Å². The van der Waals surface area contributed by atoms with Gasteiger partial charge in [0.15, 0.2) is 9.84 Å². The highest BCUT2D eigenvalue weighted by molar-refractivity contribution is 7.91. The summed E-state index contributed by atoms with van der Waals surface area (Å²) in [5, 5.41) is 13.8. The average molecular weight is 466 g/mol. The van der Waals surface area contributed by atoms with E-state index in [2.05, 4.69) is 5.32 Å². The van der Waals surface area contributed by atoms with Crippen molar-refractivity contribution in [2.45, 2.75) is 23.3 Å². The van der Waals surface area contributed by atoms with Crippen molar-refractivity contribution >= 4 is 50.2 Å². The van der Waals surface area contributed by atoms with Gasteiger partial charge in [0.25, 0.3) is 5.91 Å². The van der Waals surface area contributed by atoms with E-state index in [1.54, 1.807) is 24.3 Å². The van der Waals surface area contributed by atoms with Crippen LogP contribution in [0.5, 0.6) is 0 Å². The van der Waals surface area contributed by atoms with Crippen LogP contribution in [-0.2, 0) is 14.6 Å². The molecule has 0 aromatic heterocycles. The van der Waals surface area contributed by atoms with Crippen molar-refractivity contribution in [2.24, 2.45) is 0 Å². The first kappa shape index (κ1) is 21.4. The standard InChI is InChI=1S/C20H20ClN3O6S/c21-15-3-1-14-12-16(4-2-13(14)11-15)31(29,30)10-9-24-17(25)20(22-18(24)26)5-7-23(8-6-20)19(27)28/h1-4,11-12H,5-10H2,(H,22,26)(H,27,28). The minimum absolute atomic E-state index is 0.0962. The van der Waals surface area contributed by atoms with Crippen LogP contribution in [0, 0.1) is 0 Å². The zero-order chi connectivity index (χ0) is 22.4. The van der Waals surface area contributed by atoms with Crippen LogP contribution >= 0.6 is 11.6 Å². The monoisotopic (exact) mass is 465 g/mol. The number of halogens is 1. The van der Waals surface area contributed by atoms with Gasteiger partial charge in [-0.25, -0.2) is 18.0 Å². The quantitative estimate of drug-likeness (QED) is 0.668. The maximum absolute atomic E-state index is 12.9. The molecule has 2 aromatic carbocycles. The van der Waals surface area contributed by atoms with E-state index >= 15 is 0 Å². The van der Waals surface area contributed by atoms with Crippen LogP contribution in [0.25, 0.3) is 10.8 Å². The molecule has 11 heteroatoms. The molecule has 2 fully saturated rings. The average Bonchev–Trinajstić information content (AvgIpc) is 2.95. The molecular formula is C20H20ClN3O6S. The van der Waals surface area contributed by atoms with E-state index in [4.69, 9.17) is 16.7 Å². The number of likely N-dealkylation sites (tertiary alicyclic amines) is 1. The molecule has 2 aromatic rings. The number of nitrogens with zero attached hydrogens (tertiary/aromatic N) is 2. The highest BCUT2D eigenvalue weighted by Crippen LogP contribution is 2.30. The molecular weight excluding hydrogens is 446 g/mol. The summed E-state index contributed by atoms with van der Waals surface area (Å²) in [6.07, 6.45) is -0.770. The Hall–Kier alpha value is -2.85. The van der Waals surface area contributed by atoms with Crippen LogP contribution in [-0.4, -0.2) is 72.3 Å². The van der Waals surface area contributed by atoms with Gasteiger partial charge in [-0.15, -0.1) is 0 Å². The van der Waals surface area contributed by atoms with Gasteiger partial charge in [-0.1, -0.05) is 23.7 Å². The van der Waals surface area contributed by atoms with Gasteiger partial charge in [-0.2, -0.15) is 0 Å². The number of nitrogens with one attached hydrogen (secondary N) is 1. The number of carboxylic acid groups (broad SMARTS) is 1. The van der Waals surface area contributed by atoms with Crippen LogP contribution in [0.15, 0.2) is 41.3 Å². The lowest BCUT2D eigenvalue weighted by Crippen LogP contribution is -2.55. The van der Waals surface area contributed by atoms with Crippen molar-refractivity contribution < 1.29 is 27.9 Å². The fraction of sp³-hybridized carbons (Fsp3) is 0.350. The van der Waals surface area contributed by atoms with Crippen molar-refractivity contribution in [2.75, 3.05) is 25.4 Å². The number of sulfone groups is 1. The second kappa shape index (κ2) is 7.69. The third kappa shape index (κ3) is 3.92. The minimum atomic E-state index is -3.75. The Labute approximate surface area is 183 Å². The number of amides is 4.